The lowest BCUT2D eigenvalue weighted by molar-refractivity contribution is -0.135. The average molecular weight is 265 g/mol. The van der Waals surface area contributed by atoms with E-state index >= 15 is 0 Å². The minimum atomic E-state index is -0.946. The van der Waals surface area contributed by atoms with E-state index in [9.17, 15) is 9.59 Å². The molecule has 0 aromatic heterocycles. The topological polar surface area (TPSA) is 86.9 Å². The minimum absolute atomic E-state index is 0.169. The van der Waals surface area contributed by atoms with Crippen LogP contribution < -0.4 is 10.6 Å². The van der Waals surface area contributed by atoms with Crippen LogP contribution in [0.3, 0.4) is 0 Å². The Balaban J connectivity index is 3.02. The first-order valence-corrected chi connectivity index (χ1v) is 5.92. The highest BCUT2D eigenvalue weighted by molar-refractivity contribution is 5.99. The maximum Gasteiger partial charge on any atom is 0.323 e. The Labute approximate surface area is 112 Å². The second kappa shape index (κ2) is 6.75. The maximum atomic E-state index is 11.4. The van der Waals surface area contributed by atoms with Crippen LogP contribution in [0.25, 0.3) is 0 Å². The molecule has 0 heterocycles. The van der Waals surface area contributed by atoms with Crippen molar-refractivity contribution in [3.63, 3.8) is 0 Å². The number of nitrogens with two attached hydrogens (primary N) is 1. The summed E-state index contributed by atoms with van der Waals surface area (Å²) in [6.07, 6.45) is 0. The predicted octanol–water partition coefficient (Wildman–Crippen LogP) is 0.238. The van der Waals surface area contributed by atoms with E-state index < -0.39 is 11.9 Å². The fourth-order valence-electron chi connectivity index (χ4n) is 1.73. The van der Waals surface area contributed by atoms with Gasteiger partial charge in [0.2, 0.25) is 0 Å². The van der Waals surface area contributed by atoms with Gasteiger partial charge in [0.05, 0.1) is 11.3 Å². The van der Waals surface area contributed by atoms with Gasteiger partial charge >= 0.3 is 5.97 Å². The molecule has 0 spiro atoms. The third-order valence-corrected chi connectivity index (χ3v) is 2.65. The molecule has 1 amide bonds. The molecule has 0 fully saturated rings. The van der Waals surface area contributed by atoms with Crippen molar-refractivity contribution in [2.45, 2.75) is 0 Å². The summed E-state index contributed by atoms with van der Waals surface area (Å²) < 4.78 is 0. The number of primary amides is 1. The molecule has 1 aromatic rings. The zero-order valence-electron chi connectivity index (χ0n) is 11.2. The van der Waals surface area contributed by atoms with Crippen molar-refractivity contribution in [2.75, 3.05) is 38.6 Å². The first kappa shape index (κ1) is 15.0. The predicted molar refractivity (Wildman–Crippen MR) is 73.4 cm³/mol. The van der Waals surface area contributed by atoms with E-state index in [1.165, 1.54) is 0 Å². The lowest BCUT2D eigenvalue weighted by Crippen LogP contribution is -2.36. The standard InChI is InChI=1S/C13H19N3O3/c1-15(2)7-8-16(9-12(17)18)11-6-4-3-5-10(11)13(14)19/h3-6H,7-9H2,1-2H3,(H2,14,19)(H,17,18). The van der Waals surface area contributed by atoms with Gasteiger partial charge in [-0.2, -0.15) is 0 Å². The first-order valence-electron chi connectivity index (χ1n) is 5.92. The van der Waals surface area contributed by atoms with Gasteiger partial charge in [0, 0.05) is 13.1 Å². The third-order valence-electron chi connectivity index (χ3n) is 2.65. The van der Waals surface area contributed by atoms with E-state index in [1.807, 2.05) is 19.0 Å². The molecule has 6 nitrogen and oxygen atoms in total. The van der Waals surface area contributed by atoms with E-state index in [0.29, 0.717) is 24.3 Å². The second-order valence-electron chi connectivity index (χ2n) is 4.50. The van der Waals surface area contributed by atoms with Crippen molar-refractivity contribution in [2.24, 2.45) is 5.73 Å². The Morgan fingerprint density at radius 2 is 1.84 bits per heavy atom. The Morgan fingerprint density at radius 1 is 1.21 bits per heavy atom. The molecule has 0 aliphatic rings. The van der Waals surface area contributed by atoms with Crippen LogP contribution in [-0.2, 0) is 4.79 Å². The molecule has 0 aliphatic carbocycles. The van der Waals surface area contributed by atoms with Gasteiger partial charge in [-0.15, -0.1) is 0 Å². The van der Waals surface area contributed by atoms with Crippen LogP contribution in [0.5, 0.6) is 0 Å². The van der Waals surface area contributed by atoms with Gasteiger partial charge in [0.15, 0.2) is 0 Å². The average Bonchev–Trinajstić information content (AvgIpc) is 2.33. The van der Waals surface area contributed by atoms with Gasteiger partial charge < -0.3 is 20.6 Å². The molecule has 0 saturated carbocycles. The number of aliphatic carboxylic acids is 1. The molecule has 19 heavy (non-hydrogen) atoms. The van der Waals surface area contributed by atoms with Crippen molar-refractivity contribution in [1.29, 1.82) is 0 Å². The van der Waals surface area contributed by atoms with Crippen LogP contribution in [-0.4, -0.2) is 55.6 Å². The number of carboxylic acids is 1. The Bertz CT molecular complexity index is 460. The second-order valence-corrected chi connectivity index (χ2v) is 4.50. The number of rotatable bonds is 7. The molecular formula is C13H19N3O3. The number of amides is 1. The summed E-state index contributed by atoms with van der Waals surface area (Å²) in [6, 6.07) is 6.77. The van der Waals surface area contributed by atoms with Crippen LogP contribution in [0.15, 0.2) is 24.3 Å². The minimum Gasteiger partial charge on any atom is -0.480 e. The SMILES string of the molecule is CN(C)CCN(CC(=O)O)c1ccccc1C(N)=O. The summed E-state index contributed by atoms with van der Waals surface area (Å²) in [5.41, 5.74) is 6.21. The molecule has 1 aromatic carbocycles. The third kappa shape index (κ3) is 4.59. The fourth-order valence-corrected chi connectivity index (χ4v) is 1.73. The number of nitrogens with zero attached hydrogens (tertiary/aromatic N) is 2. The van der Waals surface area contributed by atoms with Crippen LogP contribution >= 0.6 is 0 Å². The quantitative estimate of drug-likeness (QED) is 0.737. The smallest absolute Gasteiger partial charge is 0.323 e. The van der Waals surface area contributed by atoms with E-state index in [-0.39, 0.29) is 6.54 Å². The van der Waals surface area contributed by atoms with Crippen LogP contribution in [0.2, 0.25) is 0 Å². The van der Waals surface area contributed by atoms with Gasteiger partial charge in [-0.05, 0) is 26.2 Å². The van der Waals surface area contributed by atoms with Crippen LogP contribution in [0.1, 0.15) is 10.4 Å². The molecule has 3 N–H and O–H groups in total. The molecule has 0 aliphatic heterocycles. The molecule has 0 radical (unpaired) electrons. The van der Waals surface area contributed by atoms with Crippen LogP contribution in [0, 0.1) is 0 Å². The Hall–Kier alpha value is -2.08. The van der Waals surface area contributed by atoms with Crippen molar-refractivity contribution in [3.8, 4) is 0 Å². The summed E-state index contributed by atoms with van der Waals surface area (Å²) in [6.45, 7) is 1.02. The highest BCUT2D eigenvalue weighted by Crippen LogP contribution is 2.19. The van der Waals surface area contributed by atoms with E-state index in [0.717, 1.165) is 0 Å². The molecule has 6 heteroatoms. The summed E-state index contributed by atoms with van der Waals surface area (Å²) in [5.74, 6) is -1.51. The highest BCUT2D eigenvalue weighted by Gasteiger charge is 2.16. The molecule has 1 rings (SSSR count). The van der Waals surface area contributed by atoms with Crippen molar-refractivity contribution < 1.29 is 14.7 Å². The van der Waals surface area contributed by atoms with Crippen molar-refractivity contribution in [1.82, 2.24) is 4.90 Å². The monoisotopic (exact) mass is 265 g/mol. The van der Waals surface area contributed by atoms with E-state index in [1.54, 1.807) is 29.2 Å². The summed E-state index contributed by atoms with van der Waals surface area (Å²) in [5, 5.41) is 8.97. The largest absolute Gasteiger partial charge is 0.480 e. The number of hydrogen-bond acceptors (Lipinski definition) is 4. The Kier molecular flexibility index (Phi) is 5.32. The molecule has 0 saturated heterocycles. The van der Waals surface area contributed by atoms with E-state index in [2.05, 4.69) is 0 Å². The number of carbonyl (C=O) groups is 2. The summed E-state index contributed by atoms with van der Waals surface area (Å²) in [4.78, 5) is 25.9. The van der Waals surface area contributed by atoms with Crippen molar-refractivity contribution >= 4 is 17.6 Å². The zero-order chi connectivity index (χ0) is 14.4. The van der Waals surface area contributed by atoms with Crippen molar-refractivity contribution in [3.05, 3.63) is 29.8 Å². The Morgan fingerprint density at radius 3 is 2.37 bits per heavy atom. The highest BCUT2D eigenvalue weighted by atomic mass is 16.4. The molecule has 104 valence electrons. The number of para-hydroxylation sites is 1. The lowest BCUT2D eigenvalue weighted by Gasteiger charge is -2.26. The number of anilines is 1. The zero-order valence-corrected chi connectivity index (χ0v) is 11.2. The number of hydrogen-bond donors (Lipinski definition) is 2. The molecule has 0 unspecified atom stereocenters. The van der Waals surface area contributed by atoms with Gasteiger partial charge in [0.1, 0.15) is 6.54 Å². The number of carboxylic acid groups (broad SMARTS) is 1. The van der Waals surface area contributed by atoms with E-state index in [4.69, 9.17) is 10.8 Å². The van der Waals surface area contributed by atoms with Gasteiger partial charge in [0.25, 0.3) is 5.91 Å². The number of benzene rings is 1. The fraction of sp³-hybridized carbons (Fsp3) is 0.385. The molecule has 0 bridgehead atoms. The van der Waals surface area contributed by atoms with Gasteiger partial charge in [-0.1, -0.05) is 12.1 Å². The normalized spacial score (nSPS) is 10.5. The number of carbonyl (C=O) groups excluding carboxylic acids is 1. The van der Waals surface area contributed by atoms with Crippen LogP contribution in [0.4, 0.5) is 5.69 Å². The number of likely N-dealkylation sites (N-methyl/N-ethyl adjacent to an activating group) is 1. The molecular weight excluding hydrogens is 246 g/mol. The summed E-state index contributed by atoms with van der Waals surface area (Å²) in [7, 11) is 3.80. The first-order chi connectivity index (χ1) is 8.91. The lowest BCUT2D eigenvalue weighted by atomic mass is 10.1. The van der Waals surface area contributed by atoms with Gasteiger partial charge in [-0.25, -0.2) is 0 Å². The maximum absolute atomic E-state index is 11.4. The summed E-state index contributed by atoms with van der Waals surface area (Å²) >= 11 is 0. The molecule has 0 atom stereocenters. The van der Waals surface area contributed by atoms with Gasteiger partial charge in [-0.3, -0.25) is 9.59 Å².